The van der Waals surface area contributed by atoms with Gasteiger partial charge in [0.1, 0.15) is 5.82 Å². The summed E-state index contributed by atoms with van der Waals surface area (Å²) in [6.45, 7) is 1.66. The molecule has 0 aromatic heterocycles. The van der Waals surface area contributed by atoms with Crippen molar-refractivity contribution >= 4 is 21.4 Å². The fraction of sp³-hybridized carbons (Fsp3) is 0.417. The largest absolute Gasteiger partial charge is 0.399 e. The molecule has 1 saturated heterocycles. The Hall–Kier alpha value is -1.63. The lowest BCUT2D eigenvalue weighted by molar-refractivity contribution is 0.0915. The Morgan fingerprint density at radius 3 is 2.63 bits per heavy atom. The van der Waals surface area contributed by atoms with Crippen LogP contribution in [0.2, 0.25) is 0 Å². The molecule has 1 aliphatic heterocycles. The number of hydrogen-bond acceptors (Lipinski definition) is 4. The molecule has 2 rings (SSSR count). The van der Waals surface area contributed by atoms with Crippen molar-refractivity contribution in [3.8, 4) is 0 Å². The van der Waals surface area contributed by atoms with E-state index in [1.54, 1.807) is 6.92 Å². The van der Waals surface area contributed by atoms with Crippen LogP contribution < -0.4 is 11.1 Å². The summed E-state index contributed by atoms with van der Waals surface area (Å²) in [7, 11) is -3.11. The average molecular weight is 286 g/mol. The number of halogens is 1. The first-order chi connectivity index (χ1) is 8.69. The van der Waals surface area contributed by atoms with E-state index >= 15 is 0 Å². The predicted molar refractivity (Wildman–Crippen MR) is 70.0 cm³/mol. The van der Waals surface area contributed by atoms with Crippen molar-refractivity contribution in [3.63, 3.8) is 0 Å². The van der Waals surface area contributed by atoms with Crippen LogP contribution in [0.25, 0.3) is 0 Å². The van der Waals surface area contributed by atoms with Gasteiger partial charge < -0.3 is 11.1 Å². The molecule has 5 nitrogen and oxygen atoms in total. The van der Waals surface area contributed by atoms with Crippen LogP contribution in [0, 0.1) is 5.82 Å². The zero-order valence-electron chi connectivity index (χ0n) is 10.4. The second kappa shape index (κ2) is 4.48. The number of carbonyl (C=O) groups is 1. The zero-order chi connectivity index (χ0) is 14.3. The molecule has 1 aromatic rings. The van der Waals surface area contributed by atoms with Crippen molar-refractivity contribution in [2.45, 2.75) is 18.9 Å². The lowest BCUT2D eigenvalue weighted by atomic mass is 10.0. The molecule has 1 aliphatic rings. The first kappa shape index (κ1) is 13.8. The Balaban J connectivity index is 2.18. The third-order valence-electron chi connectivity index (χ3n) is 3.10. The summed E-state index contributed by atoms with van der Waals surface area (Å²) in [5, 5.41) is 2.64. The molecule has 0 spiro atoms. The summed E-state index contributed by atoms with van der Waals surface area (Å²) in [6.07, 6.45) is 0.353. The van der Waals surface area contributed by atoms with Crippen LogP contribution in [0.4, 0.5) is 10.1 Å². The highest BCUT2D eigenvalue weighted by atomic mass is 32.2. The van der Waals surface area contributed by atoms with Gasteiger partial charge in [0, 0.05) is 11.3 Å². The normalized spacial score (nSPS) is 25.2. The van der Waals surface area contributed by atoms with Crippen molar-refractivity contribution in [2.24, 2.45) is 0 Å². The molecular weight excluding hydrogens is 271 g/mol. The number of hydrogen-bond donors (Lipinski definition) is 2. The number of nitrogens with two attached hydrogens (primary N) is 1. The Kier molecular flexibility index (Phi) is 3.25. The average Bonchev–Trinajstić information content (AvgIpc) is 2.51. The summed E-state index contributed by atoms with van der Waals surface area (Å²) in [5.41, 5.74) is 4.89. The van der Waals surface area contributed by atoms with Crippen LogP contribution in [0.1, 0.15) is 23.7 Å². The third-order valence-corrected chi connectivity index (χ3v) is 5.00. The van der Waals surface area contributed by atoms with Gasteiger partial charge >= 0.3 is 0 Å². The number of sulfone groups is 1. The first-order valence-electron chi connectivity index (χ1n) is 5.78. The fourth-order valence-corrected chi connectivity index (χ4v) is 4.29. The van der Waals surface area contributed by atoms with Crippen molar-refractivity contribution in [1.29, 1.82) is 0 Å². The molecule has 3 N–H and O–H groups in total. The van der Waals surface area contributed by atoms with E-state index in [1.807, 2.05) is 0 Å². The first-order valence-corrected chi connectivity index (χ1v) is 7.60. The fourth-order valence-electron chi connectivity index (χ4n) is 2.20. The molecule has 19 heavy (non-hydrogen) atoms. The topological polar surface area (TPSA) is 89.3 Å². The number of amides is 1. The third kappa shape index (κ3) is 3.23. The summed E-state index contributed by atoms with van der Waals surface area (Å²) in [6, 6.07) is 3.53. The maximum Gasteiger partial charge on any atom is 0.251 e. The summed E-state index contributed by atoms with van der Waals surface area (Å²) in [5.74, 6) is -1.17. The molecule has 0 aliphatic carbocycles. The smallest absolute Gasteiger partial charge is 0.251 e. The molecule has 104 valence electrons. The Labute approximate surface area is 110 Å². The molecule has 0 bridgehead atoms. The molecule has 1 aromatic carbocycles. The van der Waals surface area contributed by atoms with E-state index in [0.717, 1.165) is 12.1 Å². The molecule has 1 amide bonds. The van der Waals surface area contributed by atoms with Gasteiger partial charge in [-0.2, -0.15) is 0 Å². The van der Waals surface area contributed by atoms with Gasteiger partial charge in [0.05, 0.1) is 17.0 Å². The van der Waals surface area contributed by atoms with Gasteiger partial charge in [0.2, 0.25) is 0 Å². The van der Waals surface area contributed by atoms with Crippen LogP contribution in [-0.2, 0) is 9.84 Å². The lowest BCUT2D eigenvalue weighted by Gasteiger charge is -2.23. The predicted octanol–water partition coefficient (Wildman–Crippen LogP) is 0.715. The van der Waals surface area contributed by atoms with Crippen molar-refractivity contribution in [1.82, 2.24) is 5.32 Å². The Bertz CT molecular complexity index is 610. The van der Waals surface area contributed by atoms with E-state index in [4.69, 9.17) is 5.73 Å². The second-order valence-corrected chi connectivity index (χ2v) is 7.31. The number of rotatable bonds is 2. The molecule has 1 fully saturated rings. The van der Waals surface area contributed by atoms with E-state index in [1.165, 1.54) is 6.07 Å². The van der Waals surface area contributed by atoms with E-state index < -0.39 is 27.1 Å². The second-order valence-electron chi connectivity index (χ2n) is 5.13. The maximum absolute atomic E-state index is 13.2. The maximum atomic E-state index is 13.2. The van der Waals surface area contributed by atoms with Gasteiger partial charge in [-0.05, 0) is 31.5 Å². The van der Waals surface area contributed by atoms with E-state index in [2.05, 4.69) is 5.32 Å². The number of carbonyl (C=O) groups excluding carboxylic acids is 1. The Morgan fingerprint density at radius 1 is 1.42 bits per heavy atom. The minimum atomic E-state index is -3.11. The van der Waals surface area contributed by atoms with Gasteiger partial charge in [-0.25, -0.2) is 12.8 Å². The SMILES string of the molecule is CC1(NC(=O)c2cc(N)cc(F)c2)CCS(=O)(=O)C1. The zero-order valence-corrected chi connectivity index (χ0v) is 11.3. The van der Waals surface area contributed by atoms with Gasteiger partial charge in [-0.3, -0.25) is 4.79 Å². The summed E-state index contributed by atoms with van der Waals surface area (Å²) in [4.78, 5) is 12.0. The van der Waals surface area contributed by atoms with Crippen molar-refractivity contribution < 1.29 is 17.6 Å². The highest BCUT2D eigenvalue weighted by molar-refractivity contribution is 7.91. The molecule has 7 heteroatoms. The standard InChI is InChI=1S/C12H15FN2O3S/c1-12(2-3-19(17,18)7-12)15-11(16)8-4-9(13)6-10(14)5-8/h4-6H,2-3,7,14H2,1H3,(H,15,16). The number of anilines is 1. The van der Waals surface area contributed by atoms with E-state index in [-0.39, 0.29) is 22.8 Å². The molecule has 1 heterocycles. The minimum absolute atomic E-state index is 0.0507. The van der Waals surface area contributed by atoms with Crippen LogP contribution in [-0.4, -0.2) is 31.4 Å². The highest BCUT2D eigenvalue weighted by Gasteiger charge is 2.39. The molecule has 0 saturated carbocycles. The minimum Gasteiger partial charge on any atom is -0.399 e. The summed E-state index contributed by atoms with van der Waals surface area (Å²) < 4.78 is 36.0. The van der Waals surface area contributed by atoms with Crippen LogP contribution in [0.5, 0.6) is 0 Å². The van der Waals surface area contributed by atoms with Gasteiger partial charge in [-0.15, -0.1) is 0 Å². The number of nitrogens with one attached hydrogen (secondary N) is 1. The number of benzene rings is 1. The van der Waals surface area contributed by atoms with Crippen LogP contribution >= 0.6 is 0 Å². The lowest BCUT2D eigenvalue weighted by Crippen LogP contribution is -2.46. The monoisotopic (exact) mass is 286 g/mol. The summed E-state index contributed by atoms with van der Waals surface area (Å²) >= 11 is 0. The van der Waals surface area contributed by atoms with Gasteiger partial charge in [0.25, 0.3) is 5.91 Å². The van der Waals surface area contributed by atoms with E-state index in [0.29, 0.717) is 6.42 Å². The van der Waals surface area contributed by atoms with Crippen molar-refractivity contribution in [3.05, 3.63) is 29.6 Å². The molecule has 0 radical (unpaired) electrons. The van der Waals surface area contributed by atoms with Gasteiger partial charge in [0.15, 0.2) is 9.84 Å². The molecule has 1 atom stereocenters. The highest BCUT2D eigenvalue weighted by Crippen LogP contribution is 2.23. The van der Waals surface area contributed by atoms with Crippen molar-refractivity contribution in [2.75, 3.05) is 17.2 Å². The Morgan fingerprint density at radius 2 is 2.11 bits per heavy atom. The quantitative estimate of drug-likeness (QED) is 0.784. The van der Waals surface area contributed by atoms with Crippen LogP contribution in [0.15, 0.2) is 18.2 Å². The number of nitrogen functional groups attached to an aromatic ring is 1. The van der Waals surface area contributed by atoms with Crippen LogP contribution in [0.3, 0.4) is 0 Å². The molecular formula is C12H15FN2O3S. The molecule has 1 unspecified atom stereocenters. The van der Waals surface area contributed by atoms with Gasteiger partial charge in [-0.1, -0.05) is 0 Å². The van der Waals surface area contributed by atoms with E-state index in [9.17, 15) is 17.6 Å².